The molecule has 2 heterocycles. The van der Waals surface area contributed by atoms with Crippen LogP contribution in [0.4, 0.5) is 0 Å². The molecule has 0 aliphatic rings. The monoisotopic (exact) mass is 343 g/mol. The van der Waals surface area contributed by atoms with Gasteiger partial charge in [0.25, 0.3) is 5.91 Å². The molecule has 24 heavy (non-hydrogen) atoms. The van der Waals surface area contributed by atoms with Crippen LogP contribution in [0.3, 0.4) is 0 Å². The predicted molar refractivity (Wildman–Crippen MR) is 96.5 cm³/mol. The number of fused-ring (bicyclic) bond motifs is 1. The molecular formula is C18H21N3O2S. The van der Waals surface area contributed by atoms with E-state index in [4.69, 9.17) is 0 Å². The number of aliphatic hydroxyl groups is 1. The topological polar surface area (TPSA) is 67.2 Å². The highest BCUT2D eigenvalue weighted by Crippen LogP contribution is 2.27. The number of rotatable bonds is 6. The predicted octanol–water partition coefficient (Wildman–Crippen LogP) is 2.84. The van der Waals surface area contributed by atoms with Gasteiger partial charge in [-0.2, -0.15) is 5.10 Å². The largest absolute Gasteiger partial charge is 0.396 e. The number of nitrogens with one attached hydrogen (secondary N) is 1. The lowest BCUT2D eigenvalue weighted by molar-refractivity contribution is 0.0953. The first-order valence-corrected chi connectivity index (χ1v) is 8.79. The molecule has 1 amide bonds. The number of carbonyl (C=O) groups is 1. The molecule has 3 rings (SSSR count). The van der Waals surface area contributed by atoms with E-state index >= 15 is 0 Å². The van der Waals surface area contributed by atoms with Gasteiger partial charge in [-0.1, -0.05) is 30.3 Å². The third kappa shape index (κ3) is 3.34. The number of aromatic nitrogens is 2. The Morgan fingerprint density at radius 1 is 1.38 bits per heavy atom. The van der Waals surface area contributed by atoms with E-state index in [2.05, 4.69) is 10.4 Å². The van der Waals surface area contributed by atoms with Crippen LogP contribution >= 0.6 is 11.3 Å². The molecule has 3 aromatic rings. The van der Waals surface area contributed by atoms with Crippen LogP contribution in [0.1, 0.15) is 33.3 Å². The normalized spacial score (nSPS) is 12.5. The Morgan fingerprint density at radius 2 is 2.12 bits per heavy atom. The lowest BCUT2D eigenvalue weighted by Gasteiger charge is -2.16. The fraction of sp³-hybridized carbons (Fsp3) is 0.333. The van der Waals surface area contributed by atoms with Crippen molar-refractivity contribution in [3.05, 3.63) is 52.5 Å². The zero-order chi connectivity index (χ0) is 17.1. The molecule has 6 heteroatoms. The second kappa shape index (κ2) is 7.15. The molecule has 0 saturated heterocycles. The summed E-state index contributed by atoms with van der Waals surface area (Å²) in [5.74, 6) is 0.0346. The quantitative estimate of drug-likeness (QED) is 0.723. The van der Waals surface area contributed by atoms with E-state index in [1.165, 1.54) is 11.3 Å². The molecule has 1 unspecified atom stereocenters. The summed E-state index contributed by atoms with van der Waals surface area (Å²) in [5.41, 5.74) is 2.06. The van der Waals surface area contributed by atoms with Gasteiger partial charge >= 0.3 is 0 Å². The summed E-state index contributed by atoms with van der Waals surface area (Å²) in [6.45, 7) is 2.56. The number of hydrogen-bond acceptors (Lipinski definition) is 4. The van der Waals surface area contributed by atoms with Gasteiger partial charge in [0.1, 0.15) is 4.83 Å². The van der Waals surface area contributed by atoms with Crippen LogP contribution in [-0.2, 0) is 7.05 Å². The van der Waals surface area contributed by atoms with Crippen molar-refractivity contribution in [3.8, 4) is 0 Å². The van der Waals surface area contributed by atoms with Gasteiger partial charge in [0.15, 0.2) is 0 Å². The minimum absolute atomic E-state index is 0.0746. The molecule has 126 valence electrons. The molecule has 1 aromatic carbocycles. The highest BCUT2D eigenvalue weighted by Gasteiger charge is 2.17. The van der Waals surface area contributed by atoms with E-state index < -0.39 is 0 Å². The van der Waals surface area contributed by atoms with Crippen molar-refractivity contribution in [1.82, 2.24) is 15.1 Å². The smallest absolute Gasteiger partial charge is 0.261 e. The van der Waals surface area contributed by atoms with Gasteiger partial charge in [-0.3, -0.25) is 9.48 Å². The van der Waals surface area contributed by atoms with Crippen LogP contribution in [-0.4, -0.2) is 33.9 Å². The van der Waals surface area contributed by atoms with E-state index in [1.807, 2.05) is 55.1 Å². The SMILES string of the molecule is Cc1nn(C)c2sc(C(=O)NCC(CCO)c3ccccc3)cc12. The lowest BCUT2D eigenvalue weighted by Crippen LogP contribution is -2.28. The molecule has 0 fully saturated rings. The van der Waals surface area contributed by atoms with Gasteiger partial charge in [0, 0.05) is 31.5 Å². The molecule has 0 aliphatic carbocycles. The summed E-state index contributed by atoms with van der Waals surface area (Å²) in [6, 6.07) is 11.9. The van der Waals surface area contributed by atoms with Crippen molar-refractivity contribution in [2.45, 2.75) is 19.3 Å². The van der Waals surface area contributed by atoms with Crippen LogP contribution in [0, 0.1) is 6.92 Å². The number of carbonyl (C=O) groups excluding carboxylic acids is 1. The Labute approximate surface area is 144 Å². The lowest BCUT2D eigenvalue weighted by atomic mass is 9.96. The molecule has 1 atom stereocenters. The fourth-order valence-electron chi connectivity index (χ4n) is 2.89. The van der Waals surface area contributed by atoms with Crippen LogP contribution in [0.2, 0.25) is 0 Å². The Kier molecular flexibility index (Phi) is 4.97. The molecule has 0 radical (unpaired) electrons. The maximum Gasteiger partial charge on any atom is 0.261 e. The van der Waals surface area contributed by atoms with Crippen molar-refractivity contribution in [2.75, 3.05) is 13.2 Å². The minimum atomic E-state index is -0.0746. The first kappa shape index (κ1) is 16.7. The van der Waals surface area contributed by atoms with Crippen molar-refractivity contribution >= 4 is 27.5 Å². The van der Waals surface area contributed by atoms with E-state index in [1.54, 1.807) is 0 Å². The number of hydrogen-bond donors (Lipinski definition) is 2. The molecule has 2 N–H and O–H groups in total. The molecule has 2 aromatic heterocycles. The Balaban J connectivity index is 1.72. The number of nitrogens with zero attached hydrogens (tertiary/aromatic N) is 2. The van der Waals surface area contributed by atoms with E-state index in [-0.39, 0.29) is 18.4 Å². The number of amides is 1. The standard InChI is InChI=1S/C18H21N3O2S/c1-12-15-10-16(24-18(15)21(2)20-12)17(23)19-11-14(8-9-22)13-6-4-3-5-7-13/h3-7,10,14,22H,8-9,11H2,1-2H3,(H,19,23). The van der Waals surface area contributed by atoms with Gasteiger partial charge < -0.3 is 10.4 Å². The first-order valence-electron chi connectivity index (χ1n) is 7.97. The second-order valence-corrected chi connectivity index (χ2v) is 6.90. The summed E-state index contributed by atoms with van der Waals surface area (Å²) in [4.78, 5) is 14.2. The summed E-state index contributed by atoms with van der Waals surface area (Å²) >= 11 is 1.45. The number of aliphatic hydroxyl groups excluding tert-OH is 1. The third-order valence-electron chi connectivity index (χ3n) is 4.18. The van der Waals surface area contributed by atoms with Gasteiger partial charge in [-0.05, 0) is 25.0 Å². The van der Waals surface area contributed by atoms with Crippen LogP contribution in [0.15, 0.2) is 36.4 Å². The van der Waals surface area contributed by atoms with Gasteiger partial charge in [0.05, 0.1) is 10.6 Å². The van der Waals surface area contributed by atoms with E-state index in [0.29, 0.717) is 17.8 Å². The minimum Gasteiger partial charge on any atom is -0.396 e. The molecule has 0 bridgehead atoms. The summed E-state index contributed by atoms with van der Waals surface area (Å²) < 4.78 is 1.81. The van der Waals surface area contributed by atoms with Crippen LogP contribution in [0.5, 0.6) is 0 Å². The van der Waals surface area contributed by atoms with E-state index in [9.17, 15) is 9.90 Å². The van der Waals surface area contributed by atoms with Crippen molar-refractivity contribution in [2.24, 2.45) is 7.05 Å². The Bertz CT molecular complexity index is 804. The maximum atomic E-state index is 12.5. The number of benzene rings is 1. The molecule has 0 aliphatic heterocycles. The maximum absolute atomic E-state index is 12.5. The Morgan fingerprint density at radius 3 is 2.79 bits per heavy atom. The summed E-state index contributed by atoms with van der Waals surface area (Å²) in [6.07, 6.45) is 0.625. The van der Waals surface area contributed by atoms with Crippen molar-refractivity contribution in [1.29, 1.82) is 0 Å². The second-order valence-electron chi connectivity index (χ2n) is 5.87. The average Bonchev–Trinajstić information content (AvgIpc) is 3.14. The van der Waals surface area contributed by atoms with Gasteiger partial charge in [-0.25, -0.2) is 0 Å². The zero-order valence-electron chi connectivity index (χ0n) is 13.8. The van der Waals surface area contributed by atoms with Crippen LogP contribution < -0.4 is 5.32 Å². The average molecular weight is 343 g/mol. The fourth-order valence-corrected chi connectivity index (χ4v) is 3.93. The molecule has 0 saturated carbocycles. The third-order valence-corrected chi connectivity index (χ3v) is 5.38. The number of thiophene rings is 1. The Hall–Kier alpha value is -2.18. The molecule has 0 spiro atoms. The van der Waals surface area contributed by atoms with Gasteiger partial charge in [-0.15, -0.1) is 11.3 Å². The van der Waals surface area contributed by atoms with E-state index in [0.717, 1.165) is 21.5 Å². The van der Waals surface area contributed by atoms with Crippen molar-refractivity contribution in [3.63, 3.8) is 0 Å². The highest BCUT2D eigenvalue weighted by molar-refractivity contribution is 7.20. The number of aryl methyl sites for hydroxylation is 2. The summed E-state index contributed by atoms with van der Waals surface area (Å²) in [7, 11) is 1.89. The zero-order valence-corrected chi connectivity index (χ0v) is 14.6. The first-order chi connectivity index (χ1) is 11.6. The van der Waals surface area contributed by atoms with Gasteiger partial charge in [0.2, 0.25) is 0 Å². The molecular weight excluding hydrogens is 322 g/mol. The van der Waals surface area contributed by atoms with Crippen LogP contribution in [0.25, 0.3) is 10.2 Å². The van der Waals surface area contributed by atoms with Crippen molar-refractivity contribution < 1.29 is 9.90 Å². The summed E-state index contributed by atoms with van der Waals surface area (Å²) in [5, 5.41) is 17.7. The highest BCUT2D eigenvalue weighted by atomic mass is 32.1. The molecule has 5 nitrogen and oxygen atoms in total.